The van der Waals surface area contributed by atoms with E-state index in [1.54, 1.807) is 11.0 Å². The number of carbonyl (C=O) groups excluding carboxylic acids is 1. The molecule has 2 N–H and O–H groups in total. The van der Waals surface area contributed by atoms with E-state index in [9.17, 15) is 14.9 Å². The molecule has 0 radical (unpaired) electrons. The van der Waals surface area contributed by atoms with Crippen LogP contribution in [-0.4, -0.2) is 30.5 Å². The van der Waals surface area contributed by atoms with Crippen LogP contribution in [0, 0.1) is 10.1 Å². The molecule has 1 aliphatic rings. The van der Waals surface area contributed by atoms with Crippen molar-refractivity contribution >= 4 is 17.3 Å². The number of ether oxygens (including phenoxy) is 1. The Balaban J connectivity index is 2.23. The van der Waals surface area contributed by atoms with Gasteiger partial charge < -0.3 is 15.4 Å². The fourth-order valence-corrected chi connectivity index (χ4v) is 1.97. The zero-order chi connectivity index (χ0) is 13.8. The van der Waals surface area contributed by atoms with E-state index in [1.807, 2.05) is 0 Å². The summed E-state index contributed by atoms with van der Waals surface area (Å²) in [5.74, 6) is 0.236. The van der Waals surface area contributed by atoms with E-state index in [-0.39, 0.29) is 18.2 Å². The number of nitro benzene ring substituents is 1. The molecular formula is C12H15N3O4. The highest BCUT2D eigenvalue weighted by Gasteiger charge is 2.26. The quantitative estimate of drug-likeness (QED) is 0.487. The molecular weight excluding hydrogens is 250 g/mol. The second-order valence-corrected chi connectivity index (χ2v) is 4.24. The first-order chi connectivity index (χ1) is 9.13. The van der Waals surface area contributed by atoms with Gasteiger partial charge >= 0.3 is 0 Å². The zero-order valence-corrected chi connectivity index (χ0v) is 10.4. The molecule has 1 aromatic rings. The summed E-state index contributed by atoms with van der Waals surface area (Å²) in [5, 5.41) is 10.7. The summed E-state index contributed by atoms with van der Waals surface area (Å²) in [4.78, 5) is 23.6. The molecule has 0 saturated heterocycles. The van der Waals surface area contributed by atoms with Crippen LogP contribution >= 0.6 is 0 Å². The Labute approximate surface area is 110 Å². The number of anilines is 1. The number of hydrogen-bond acceptors (Lipinski definition) is 5. The highest BCUT2D eigenvalue weighted by Crippen LogP contribution is 2.35. The summed E-state index contributed by atoms with van der Waals surface area (Å²) in [5.41, 5.74) is 5.96. The van der Waals surface area contributed by atoms with Crippen LogP contribution in [0.3, 0.4) is 0 Å². The first-order valence-electron chi connectivity index (χ1n) is 6.05. The molecule has 7 heteroatoms. The van der Waals surface area contributed by atoms with Crippen molar-refractivity contribution in [3.05, 3.63) is 28.3 Å². The van der Waals surface area contributed by atoms with Crippen molar-refractivity contribution in [1.82, 2.24) is 0 Å². The zero-order valence-electron chi connectivity index (χ0n) is 10.4. The van der Waals surface area contributed by atoms with Crippen LogP contribution in [0.1, 0.15) is 12.8 Å². The van der Waals surface area contributed by atoms with Crippen molar-refractivity contribution < 1.29 is 14.5 Å². The smallest absolute Gasteiger partial charge is 0.273 e. The summed E-state index contributed by atoms with van der Waals surface area (Å²) in [7, 11) is 0. The Hall–Kier alpha value is -2.15. The average Bonchev–Trinajstić information content (AvgIpc) is 2.40. The van der Waals surface area contributed by atoms with Crippen LogP contribution in [-0.2, 0) is 4.79 Å². The molecule has 1 aromatic carbocycles. The first-order valence-corrected chi connectivity index (χ1v) is 6.05. The number of nitro groups is 1. The van der Waals surface area contributed by atoms with Crippen molar-refractivity contribution in [1.29, 1.82) is 0 Å². The molecule has 0 aromatic heterocycles. The first kappa shape index (κ1) is 13.3. The molecule has 7 nitrogen and oxygen atoms in total. The summed E-state index contributed by atoms with van der Waals surface area (Å²) in [6.07, 6.45) is 1.62. The van der Waals surface area contributed by atoms with Gasteiger partial charge in [-0.3, -0.25) is 14.9 Å². The summed E-state index contributed by atoms with van der Waals surface area (Å²) in [6.45, 7) is 1.03. The van der Waals surface area contributed by atoms with Crippen LogP contribution in [0.2, 0.25) is 0 Å². The van der Waals surface area contributed by atoms with Crippen LogP contribution in [0.4, 0.5) is 11.4 Å². The lowest BCUT2D eigenvalue weighted by Crippen LogP contribution is -2.39. The van der Waals surface area contributed by atoms with Crippen molar-refractivity contribution in [2.45, 2.75) is 12.8 Å². The van der Waals surface area contributed by atoms with Gasteiger partial charge in [-0.05, 0) is 25.5 Å². The molecule has 0 atom stereocenters. The van der Waals surface area contributed by atoms with Crippen molar-refractivity contribution in [2.24, 2.45) is 5.73 Å². The van der Waals surface area contributed by atoms with Crippen molar-refractivity contribution in [2.75, 3.05) is 24.6 Å². The molecule has 0 fully saturated rings. The molecule has 19 heavy (non-hydrogen) atoms. The van der Waals surface area contributed by atoms with E-state index in [1.165, 1.54) is 12.1 Å². The number of rotatable bonds is 5. The Morgan fingerprint density at radius 3 is 2.89 bits per heavy atom. The molecule has 1 amide bonds. The van der Waals surface area contributed by atoms with Crippen LogP contribution in [0.5, 0.6) is 5.75 Å². The van der Waals surface area contributed by atoms with Crippen molar-refractivity contribution in [3.63, 3.8) is 0 Å². The summed E-state index contributed by atoms with van der Waals surface area (Å²) < 4.78 is 5.24. The number of hydrogen-bond donors (Lipinski definition) is 1. The number of fused-ring (bicyclic) bond motifs is 1. The monoisotopic (exact) mass is 265 g/mol. The predicted octanol–water partition coefficient (Wildman–Crippen LogP) is 1.06. The minimum atomic E-state index is -0.487. The number of benzene rings is 1. The Morgan fingerprint density at radius 2 is 2.21 bits per heavy atom. The summed E-state index contributed by atoms with van der Waals surface area (Å²) in [6, 6.07) is 4.27. The van der Waals surface area contributed by atoms with E-state index < -0.39 is 4.92 Å². The molecule has 0 saturated carbocycles. The molecule has 0 bridgehead atoms. The minimum absolute atomic E-state index is 0.0463. The standard InChI is InChI=1S/C12H15N3O4/c13-5-1-2-6-14-10-4-3-9(15(17)18)7-11(10)19-8-12(14)16/h3-4,7H,1-2,5-6,8,13H2. The number of amides is 1. The maximum Gasteiger partial charge on any atom is 0.273 e. The molecule has 1 aliphatic heterocycles. The molecule has 1 heterocycles. The summed E-state index contributed by atoms with van der Waals surface area (Å²) >= 11 is 0. The third-order valence-corrected chi connectivity index (χ3v) is 2.93. The molecule has 0 unspecified atom stereocenters. The van der Waals surface area contributed by atoms with E-state index in [4.69, 9.17) is 10.5 Å². The van der Waals surface area contributed by atoms with Gasteiger partial charge in [0.2, 0.25) is 0 Å². The van der Waals surface area contributed by atoms with Crippen molar-refractivity contribution in [3.8, 4) is 5.75 Å². The lowest BCUT2D eigenvalue weighted by Gasteiger charge is -2.29. The van der Waals surface area contributed by atoms with Gasteiger partial charge in [-0.2, -0.15) is 0 Å². The van der Waals surface area contributed by atoms with Gasteiger partial charge in [0.1, 0.15) is 0 Å². The SMILES string of the molecule is NCCCCN1C(=O)COc2cc([N+](=O)[O-])ccc21. The number of nitrogens with zero attached hydrogens (tertiary/aromatic N) is 2. The highest BCUT2D eigenvalue weighted by atomic mass is 16.6. The Kier molecular flexibility index (Phi) is 3.96. The lowest BCUT2D eigenvalue weighted by atomic mass is 10.2. The fraction of sp³-hybridized carbons (Fsp3) is 0.417. The van der Waals surface area contributed by atoms with Gasteiger partial charge in [0.05, 0.1) is 16.7 Å². The van der Waals surface area contributed by atoms with Crippen LogP contribution in [0.25, 0.3) is 0 Å². The van der Waals surface area contributed by atoms with E-state index >= 15 is 0 Å². The molecule has 0 spiro atoms. The second-order valence-electron chi connectivity index (χ2n) is 4.24. The van der Waals surface area contributed by atoms with Gasteiger partial charge in [0, 0.05) is 12.6 Å². The number of nitrogens with two attached hydrogens (primary N) is 1. The topological polar surface area (TPSA) is 98.7 Å². The molecule has 102 valence electrons. The fourth-order valence-electron chi connectivity index (χ4n) is 1.97. The van der Waals surface area contributed by atoms with Gasteiger partial charge in [-0.1, -0.05) is 0 Å². The minimum Gasteiger partial charge on any atom is -0.481 e. The molecule has 0 aliphatic carbocycles. The highest BCUT2D eigenvalue weighted by molar-refractivity contribution is 5.98. The Bertz CT molecular complexity index is 504. The maximum atomic E-state index is 11.8. The third-order valence-electron chi connectivity index (χ3n) is 2.93. The lowest BCUT2D eigenvalue weighted by molar-refractivity contribution is -0.384. The van der Waals surface area contributed by atoms with E-state index in [0.29, 0.717) is 24.5 Å². The third kappa shape index (κ3) is 2.82. The predicted molar refractivity (Wildman–Crippen MR) is 69.2 cm³/mol. The largest absolute Gasteiger partial charge is 0.481 e. The van der Waals surface area contributed by atoms with Gasteiger partial charge in [0.15, 0.2) is 12.4 Å². The van der Waals surface area contributed by atoms with Gasteiger partial charge in [-0.15, -0.1) is 0 Å². The van der Waals surface area contributed by atoms with E-state index in [0.717, 1.165) is 12.8 Å². The number of carbonyl (C=O) groups is 1. The Morgan fingerprint density at radius 1 is 1.42 bits per heavy atom. The van der Waals surface area contributed by atoms with Crippen LogP contribution < -0.4 is 15.4 Å². The second kappa shape index (κ2) is 5.66. The number of unbranched alkanes of at least 4 members (excludes halogenated alkanes) is 1. The average molecular weight is 265 g/mol. The van der Waals surface area contributed by atoms with E-state index in [2.05, 4.69) is 0 Å². The number of non-ortho nitro benzene ring substituents is 1. The normalized spacial score (nSPS) is 13.9. The van der Waals surface area contributed by atoms with Crippen LogP contribution in [0.15, 0.2) is 18.2 Å². The van der Waals surface area contributed by atoms with Gasteiger partial charge in [0.25, 0.3) is 11.6 Å². The molecule has 2 rings (SSSR count). The maximum absolute atomic E-state index is 11.8. The van der Waals surface area contributed by atoms with Gasteiger partial charge in [-0.25, -0.2) is 0 Å².